The van der Waals surface area contributed by atoms with Crippen LogP contribution in [-0.2, 0) is 9.84 Å². The first-order valence-electron chi connectivity index (χ1n) is 6.65. The number of rotatable bonds is 5. The van der Waals surface area contributed by atoms with Gasteiger partial charge in [0.05, 0.1) is 10.5 Å². The monoisotopic (exact) mass is 353 g/mol. The van der Waals surface area contributed by atoms with E-state index in [4.69, 9.17) is 5.73 Å². The van der Waals surface area contributed by atoms with E-state index in [-0.39, 0.29) is 10.7 Å². The maximum atomic E-state index is 13.4. The summed E-state index contributed by atoms with van der Waals surface area (Å²) in [6, 6.07) is 9.95. The van der Waals surface area contributed by atoms with Crippen LogP contribution in [0.5, 0.6) is 0 Å². The van der Waals surface area contributed by atoms with Gasteiger partial charge in [-0.3, -0.25) is 4.79 Å². The van der Waals surface area contributed by atoms with Gasteiger partial charge in [0.1, 0.15) is 23.2 Å². The van der Waals surface area contributed by atoms with Crippen LogP contribution in [0.25, 0.3) is 0 Å². The summed E-state index contributed by atoms with van der Waals surface area (Å²) >= 11 is 0. The van der Waals surface area contributed by atoms with Crippen LogP contribution in [0.3, 0.4) is 0 Å². The molecule has 9 heteroatoms. The molecule has 0 heterocycles. The van der Waals surface area contributed by atoms with Crippen molar-refractivity contribution in [3.8, 4) is 0 Å². The lowest BCUT2D eigenvalue weighted by Gasteiger charge is -2.05. The van der Waals surface area contributed by atoms with Gasteiger partial charge < -0.3 is 5.73 Å². The molecular weight excluding hydrogens is 340 g/mol. The first-order chi connectivity index (χ1) is 11.3. The summed E-state index contributed by atoms with van der Waals surface area (Å²) in [5.41, 5.74) is 6.97. The lowest BCUT2D eigenvalue weighted by molar-refractivity contribution is 0.0950. The van der Waals surface area contributed by atoms with Gasteiger partial charge in [-0.25, -0.2) is 22.6 Å². The molecule has 0 saturated heterocycles. The van der Waals surface area contributed by atoms with Crippen molar-refractivity contribution >= 4 is 21.6 Å². The molecule has 2 aromatic carbocycles. The van der Waals surface area contributed by atoms with E-state index in [1.54, 1.807) is 18.2 Å². The summed E-state index contributed by atoms with van der Waals surface area (Å²) in [5.74, 6) is -3.88. The van der Waals surface area contributed by atoms with Gasteiger partial charge in [0.25, 0.3) is 5.91 Å². The van der Waals surface area contributed by atoms with E-state index in [9.17, 15) is 22.0 Å². The maximum absolute atomic E-state index is 13.4. The van der Waals surface area contributed by atoms with Crippen molar-refractivity contribution < 1.29 is 22.0 Å². The van der Waals surface area contributed by atoms with Gasteiger partial charge in [-0.05, 0) is 24.3 Å². The number of amides is 1. The van der Waals surface area contributed by atoms with E-state index in [2.05, 4.69) is 5.10 Å². The molecule has 0 unspecified atom stereocenters. The molecule has 0 spiro atoms. The number of nitrogens with one attached hydrogen (secondary N) is 1. The highest BCUT2D eigenvalue weighted by Gasteiger charge is 2.17. The fourth-order valence-corrected chi connectivity index (χ4v) is 2.99. The minimum atomic E-state index is -3.72. The van der Waals surface area contributed by atoms with Gasteiger partial charge in [-0.1, -0.05) is 18.2 Å². The SMILES string of the molecule is NC(CS(=O)(=O)c1ccccc1)=NNC(=O)c1ccc(F)cc1F. The normalized spacial score (nSPS) is 12.0. The van der Waals surface area contributed by atoms with Crippen molar-refractivity contribution in [2.45, 2.75) is 4.90 Å². The van der Waals surface area contributed by atoms with Crippen molar-refractivity contribution in [2.75, 3.05) is 5.75 Å². The molecule has 0 atom stereocenters. The van der Waals surface area contributed by atoms with E-state index in [1.807, 2.05) is 5.43 Å². The number of nitrogens with zero attached hydrogens (tertiary/aromatic N) is 1. The summed E-state index contributed by atoms with van der Waals surface area (Å²) < 4.78 is 50.4. The molecule has 2 aromatic rings. The van der Waals surface area contributed by atoms with Crippen LogP contribution in [-0.4, -0.2) is 25.9 Å². The Morgan fingerprint density at radius 2 is 1.79 bits per heavy atom. The van der Waals surface area contributed by atoms with Crippen LogP contribution in [0.4, 0.5) is 8.78 Å². The molecule has 0 aliphatic carbocycles. The summed E-state index contributed by atoms with van der Waals surface area (Å²) in [7, 11) is -3.72. The Labute approximate surface area is 136 Å². The predicted molar refractivity (Wildman–Crippen MR) is 83.9 cm³/mol. The Morgan fingerprint density at radius 3 is 2.42 bits per heavy atom. The average Bonchev–Trinajstić information content (AvgIpc) is 2.53. The first kappa shape index (κ1) is 17.5. The number of halogens is 2. The predicted octanol–water partition coefficient (Wildman–Crippen LogP) is 1.44. The summed E-state index contributed by atoms with van der Waals surface area (Å²) in [6.45, 7) is 0. The van der Waals surface area contributed by atoms with Crippen molar-refractivity contribution in [2.24, 2.45) is 10.8 Å². The maximum Gasteiger partial charge on any atom is 0.274 e. The lowest BCUT2D eigenvalue weighted by atomic mass is 10.2. The van der Waals surface area contributed by atoms with Crippen molar-refractivity contribution in [3.63, 3.8) is 0 Å². The van der Waals surface area contributed by atoms with Crippen LogP contribution in [0, 0.1) is 11.6 Å². The molecule has 0 bridgehead atoms. The Balaban J connectivity index is 2.07. The van der Waals surface area contributed by atoms with Gasteiger partial charge in [-0.2, -0.15) is 5.10 Å². The molecule has 0 fully saturated rings. The van der Waals surface area contributed by atoms with E-state index in [0.29, 0.717) is 6.07 Å². The minimum Gasteiger partial charge on any atom is -0.385 e. The largest absolute Gasteiger partial charge is 0.385 e. The van der Waals surface area contributed by atoms with Crippen molar-refractivity contribution in [1.82, 2.24) is 5.43 Å². The van der Waals surface area contributed by atoms with E-state index >= 15 is 0 Å². The van der Waals surface area contributed by atoms with Crippen LogP contribution < -0.4 is 11.2 Å². The van der Waals surface area contributed by atoms with Crippen molar-refractivity contribution in [3.05, 3.63) is 65.7 Å². The zero-order valence-corrected chi connectivity index (χ0v) is 13.1. The van der Waals surface area contributed by atoms with E-state index in [0.717, 1.165) is 12.1 Å². The van der Waals surface area contributed by atoms with Crippen LogP contribution in [0.1, 0.15) is 10.4 Å². The van der Waals surface area contributed by atoms with E-state index in [1.165, 1.54) is 12.1 Å². The highest BCUT2D eigenvalue weighted by atomic mass is 32.2. The second kappa shape index (κ2) is 7.18. The van der Waals surface area contributed by atoms with Crippen LogP contribution >= 0.6 is 0 Å². The fraction of sp³-hybridized carbons (Fsp3) is 0.0667. The Morgan fingerprint density at radius 1 is 1.12 bits per heavy atom. The van der Waals surface area contributed by atoms with Gasteiger partial charge in [0.2, 0.25) is 0 Å². The number of hydrogen-bond acceptors (Lipinski definition) is 4. The zero-order chi connectivity index (χ0) is 17.7. The number of hydrazone groups is 1. The minimum absolute atomic E-state index is 0.0547. The summed E-state index contributed by atoms with van der Waals surface area (Å²) in [5, 5.41) is 3.43. The number of sulfone groups is 1. The van der Waals surface area contributed by atoms with Gasteiger partial charge in [-0.15, -0.1) is 0 Å². The molecule has 1 amide bonds. The molecule has 0 aliphatic heterocycles. The quantitative estimate of drug-likeness (QED) is 0.482. The molecule has 0 radical (unpaired) electrons. The lowest BCUT2D eigenvalue weighted by Crippen LogP contribution is -2.29. The summed E-state index contributed by atoms with van der Waals surface area (Å²) in [6.07, 6.45) is 0. The topological polar surface area (TPSA) is 102 Å². The second-order valence-corrected chi connectivity index (χ2v) is 6.73. The van der Waals surface area contributed by atoms with Crippen LogP contribution in [0.15, 0.2) is 58.5 Å². The number of hydrogen-bond donors (Lipinski definition) is 2. The van der Waals surface area contributed by atoms with Crippen LogP contribution in [0.2, 0.25) is 0 Å². The molecule has 0 aromatic heterocycles. The second-order valence-electron chi connectivity index (χ2n) is 4.74. The standard InChI is InChI=1S/C15H13F2N3O3S/c16-10-6-7-12(13(17)8-10)15(21)20-19-14(18)9-24(22,23)11-4-2-1-3-5-11/h1-8H,9H2,(H2,18,19)(H,20,21). The molecule has 24 heavy (non-hydrogen) atoms. The van der Waals surface area contributed by atoms with Gasteiger partial charge in [0, 0.05) is 6.07 Å². The fourth-order valence-electron chi connectivity index (χ4n) is 1.79. The number of amidine groups is 1. The van der Waals surface area contributed by atoms with Crippen molar-refractivity contribution in [1.29, 1.82) is 0 Å². The summed E-state index contributed by atoms with van der Waals surface area (Å²) in [4.78, 5) is 11.8. The highest BCUT2D eigenvalue weighted by molar-refractivity contribution is 7.92. The molecule has 0 aliphatic rings. The number of benzene rings is 2. The van der Waals surface area contributed by atoms with Gasteiger partial charge in [0.15, 0.2) is 9.84 Å². The Bertz CT molecular complexity index is 884. The third kappa shape index (κ3) is 4.35. The molecular formula is C15H13F2N3O3S. The zero-order valence-electron chi connectivity index (χ0n) is 12.2. The van der Waals surface area contributed by atoms with Gasteiger partial charge >= 0.3 is 0 Å². The Hall–Kier alpha value is -2.81. The Kier molecular flexibility index (Phi) is 5.24. The average molecular weight is 353 g/mol. The molecule has 6 nitrogen and oxygen atoms in total. The first-order valence-corrected chi connectivity index (χ1v) is 8.30. The third-order valence-corrected chi connectivity index (χ3v) is 4.58. The highest BCUT2D eigenvalue weighted by Crippen LogP contribution is 2.10. The molecule has 2 rings (SSSR count). The smallest absolute Gasteiger partial charge is 0.274 e. The molecule has 3 N–H and O–H groups in total. The number of nitrogens with two attached hydrogens (primary N) is 1. The number of carbonyl (C=O) groups is 1. The number of carbonyl (C=O) groups excluding carboxylic acids is 1. The molecule has 126 valence electrons. The van der Waals surface area contributed by atoms with E-state index < -0.39 is 38.7 Å². The third-order valence-electron chi connectivity index (χ3n) is 2.92. The molecule has 0 saturated carbocycles.